The average molecular weight is 393 g/mol. The van der Waals surface area contributed by atoms with Gasteiger partial charge in [-0.15, -0.1) is 0 Å². The minimum Gasteiger partial charge on any atom is -0.369 e. The molecule has 136 valence electrons. The molecule has 0 saturated carbocycles. The molecule has 0 aliphatic carbocycles. The van der Waals surface area contributed by atoms with Crippen molar-refractivity contribution in [2.24, 2.45) is 0 Å². The standard InChI is InChI=1S/C18H17ClN2O4S/c1-12-17(19)18(21-25-12)15-9-4-3-7-13(15)14-8-5-6-10-16(14)26(22,23)20-11-24-2/h3-10,20H,11H2,1-2H3. The van der Waals surface area contributed by atoms with Crippen molar-refractivity contribution in [3.8, 4) is 22.4 Å². The average Bonchev–Trinajstić information content (AvgIpc) is 2.99. The lowest BCUT2D eigenvalue weighted by Gasteiger charge is -2.14. The normalized spacial score (nSPS) is 11.7. The first-order valence-electron chi connectivity index (χ1n) is 7.75. The van der Waals surface area contributed by atoms with Gasteiger partial charge in [0.25, 0.3) is 0 Å². The summed E-state index contributed by atoms with van der Waals surface area (Å²) in [5.74, 6) is 0.499. The number of hydrogen-bond donors (Lipinski definition) is 1. The fraction of sp³-hybridized carbons (Fsp3) is 0.167. The zero-order valence-electron chi connectivity index (χ0n) is 14.2. The van der Waals surface area contributed by atoms with Crippen LogP contribution in [0.3, 0.4) is 0 Å². The fourth-order valence-corrected chi connectivity index (χ4v) is 3.92. The van der Waals surface area contributed by atoms with Crippen LogP contribution in [0.5, 0.6) is 0 Å². The lowest BCUT2D eigenvalue weighted by atomic mass is 9.97. The molecule has 0 aliphatic heterocycles. The van der Waals surface area contributed by atoms with Crippen molar-refractivity contribution in [1.29, 1.82) is 0 Å². The van der Waals surface area contributed by atoms with Crippen molar-refractivity contribution in [2.75, 3.05) is 13.8 Å². The number of halogens is 1. The zero-order chi connectivity index (χ0) is 18.7. The number of hydrogen-bond acceptors (Lipinski definition) is 5. The Morgan fingerprint density at radius 3 is 2.31 bits per heavy atom. The molecule has 0 unspecified atom stereocenters. The number of aromatic nitrogens is 1. The maximum atomic E-state index is 12.7. The molecule has 0 spiro atoms. The first-order chi connectivity index (χ1) is 12.5. The van der Waals surface area contributed by atoms with Crippen molar-refractivity contribution in [3.63, 3.8) is 0 Å². The second kappa shape index (κ2) is 7.59. The molecule has 0 bridgehead atoms. The third-order valence-electron chi connectivity index (χ3n) is 3.83. The number of ether oxygens (including phenoxy) is 1. The van der Waals surface area contributed by atoms with Gasteiger partial charge in [0, 0.05) is 18.2 Å². The van der Waals surface area contributed by atoms with Crippen LogP contribution in [-0.4, -0.2) is 27.4 Å². The second-order valence-electron chi connectivity index (χ2n) is 5.52. The van der Waals surface area contributed by atoms with E-state index >= 15 is 0 Å². The number of aryl methyl sites for hydroxylation is 1. The summed E-state index contributed by atoms with van der Waals surface area (Å²) in [7, 11) is -2.34. The van der Waals surface area contributed by atoms with E-state index in [0.29, 0.717) is 33.2 Å². The van der Waals surface area contributed by atoms with E-state index < -0.39 is 10.0 Å². The first-order valence-corrected chi connectivity index (χ1v) is 9.61. The summed E-state index contributed by atoms with van der Waals surface area (Å²) in [6.45, 7) is 1.60. The van der Waals surface area contributed by atoms with Gasteiger partial charge in [0.05, 0.1) is 4.90 Å². The maximum Gasteiger partial charge on any atom is 0.243 e. The summed E-state index contributed by atoms with van der Waals surface area (Å²) in [5, 5.41) is 4.42. The van der Waals surface area contributed by atoms with Crippen molar-refractivity contribution >= 4 is 21.6 Å². The lowest BCUT2D eigenvalue weighted by molar-refractivity contribution is 0.194. The Morgan fingerprint density at radius 1 is 1.08 bits per heavy atom. The molecule has 1 aromatic heterocycles. The predicted molar refractivity (Wildman–Crippen MR) is 99.3 cm³/mol. The molecule has 0 amide bonds. The Bertz CT molecular complexity index is 1030. The zero-order valence-corrected chi connectivity index (χ0v) is 15.8. The van der Waals surface area contributed by atoms with E-state index in [0.717, 1.165) is 0 Å². The molecule has 0 atom stereocenters. The van der Waals surface area contributed by atoms with E-state index in [1.54, 1.807) is 31.2 Å². The van der Waals surface area contributed by atoms with Crippen molar-refractivity contribution < 1.29 is 17.7 Å². The van der Waals surface area contributed by atoms with E-state index in [-0.39, 0.29) is 11.6 Å². The molecule has 3 rings (SSSR count). The number of benzene rings is 2. The minimum absolute atomic E-state index is 0.118. The molecule has 0 radical (unpaired) electrons. The van der Waals surface area contributed by atoms with Crippen LogP contribution in [0.4, 0.5) is 0 Å². The highest BCUT2D eigenvalue weighted by Gasteiger charge is 2.22. The SMILES string of the molecule is COCNS(=O)(=O)c1ccccc1-c1ccccc1-c1noc(C)c1Cl. The molecule has 1 heterocycles. The number of nitrogens with zero attached hydrogens (tertiary/aromatic N) is 1. The summed E-state index contributed by atoms with van der Waals surface area (Å²) >= 11 is 6.30. The summed E-state index contributed by atoms with van der Waals surface area (Å²) < 4.78 is 37.7. The minimum atomic E-state index is -3.76. The van der Waals surface area contributed by atoms with Crippen LogP contribution in [0.25, 0.3) is 22.4 Å². The second-order valence-corrected chi connectivity index (χ2v) is 7.64. The number of rotatable bonds is 6. The van der Waals surface area contributed by atoms with Gasteiger partial charge in [-0.2, -0.15) is 4.72 Å². The summed E-state index contributed by atoms with van der Waals surface area (Å²) in [6, 6.07) is 14.0. The molecule has 0 saturated heterocycles. The van der Waals surface area contributed by atoms with E-state index in [1.165, 1.54) is 7.11 Å². The maximum absolute atomic E-state index is 12.7. The Balaban J connectivity index is 2.20. The third-order valence-corrected chi connectivity index (χ3v) is 5.71. The largest absolute Gasteiger partial charge is 0.369 e. The van der Waals surface area contributed by atoms with E-state index in [1.807, 2.05) is 24.3 Å². The van der Waals surface area contributed by atoms with Gasteiger partial charge < -0.3 is 9.26 Å². The summed E-state index contributed by atoms with van der Waals surface area (Å²) in [4.78, 5) is 0.140. The Kier molecular flexibility index (Phi) is 5.43. The summed E-state index contributed by atoms with van der Waals surface area (Å²) in [5.41, 5.74) is 2.37. The van der Waals surface area contributed by atoms with Crippen LogP contribution in [0.1, 0.15) is 5.76 Å². The monoisotopic (exact) mass is 392 g/mol. The molecular weight excluding hydrogens is 376 g/mol. The van der Waals surface area contributed by atoms with Gasteiger partial charge in [0.1, 0.15) is 17.4 Å². The van der Waals surface area contributed by atoms with Gasteiger partial charge >= 0.3 is 0 Å². The summed E-state index contributed by atoms with van der Waals surface area (Å²) in [6.07, 6.45) is 0. The molecule has 2 aromatic carbocycles. The fourth-order valence-electron chi connectivity index (χ4n) is 2.59. The lowest BCUT2D eigenvalue weighted by Crippen LogP contribution is -2.26. The van der Waals surface area contributed by atoms with Crippen LogP contribution in [0.2, 0.25) is 5.02 Å². The number of sulfonamides is 1. The third kappa shape index (κ3) is 3.52. The first kappa shape index (κ1) is 18.6. The van der Waals surface area contributed by atoms with Gasteiger partial charge in [-0.1, -0.05) is 59.2 Å². The molecule has 3 aromatic rings. The highest BCUT2D eigenvalue weighted by molar-refractivity contribution is 7.89. The molecule has 6 nitrogen and oxygen atoms in total. The van der Waals surface area contributed by atoms with E-state index in [2.05, 4.69) is 9.88 Å². The molecule has 1 N–H and O–H groups in total. The Morgan fingerprint density at radius 2 is 1.69 bits per heavy atom. The van der Waals surface area contributed by atoms with Gasteiger partial charge in [-0.25, -0.2) is 8.42 Å². The smallest absolute Gasteiger partial charge is 0.243 e. The van der Waals surface area contributed by atoms with E-state index in [9.17, 15) is 8.42 Å². The number of methoxy groups -OCH3 is 1. The quantitative estimate of drug-likeness (QED) is 0.644. The Hall–Kier alpha value is -2.19. The van der Waals surface area contributed by atoms with Crippen molar-refractivity contribution in [1.82, 2.24) is 9.88 Å². The number of nitrogens with one attached hydrogen (secondary N) is 1. The van der Waals surface area contributed by atoms with Gasteiger partial charge in [-0.3, -0.25) is 0 Å². The van der Waals surface area contributed by atoms with Crippen LogP contribution in [0, 0.1) is 6.92 Å². The van der Waals surface area contributed by atoms with Crippen molar-refractivity contribution in [2.45, 2.75) is 11.8 Å². The van der Waals surface area contributed by atoms with Crippen LogP contribution in [-0.2, 0) is 14.8 Å². The van der Waals surface area contributed by atoms with E-state index in [4.69, 9.17) is 20.9 Å². The van der Waals surface area contributed by atoms with Crippen LogP contribution in [0.15, 0.2) is 57.9 Å². The molecule has 0 fully saturated rings. The topological polar surface area (TPSA) is 81.4 Å². The molecule has 0 aliphatic rings. The highest BCUT2D eigenvalue weighted by Crippen LogP contribution is 2.38. The highest BCUT2D eigenvalue weighted by atomic mass is 35.5. The van der Waals surface area contributed by atoms with Crippen LogP contribution >= 0.6 is 11.6 Å². The van der Waals surface area contributed by atoms with Gasteiger partial charge in [0.2, 0.25) is 10.0 Å². The van der Waals surface area contributed by atoms with Gasteiger partial charge in [0.15, 0.2) is 5.76 Å². The predicted octanol–water partition coefficient (Wildman–Crippen LogP) is 3.85. The molecule has 26 heavy (non-hydrogen) atoms. The van der Waals surface area contributed by atoms with Crippen molar-refractivity contribution in [3.05, 3.63) is 59.3 Å². The Labute approximate surface area is 156 Å². The van der Waals surface area contributed by atoms with Crippen LogP contribution < -0.4 is 4.72 Å². The van der Waals surface area contributed by atoms with Gasteiger partial charge in [-0.05, 0) is 18.6 Å². The molecular formula is C18H17ClN2O4S. The molecule has 8 heteroatoms.